The summed E-state index contributed by atoms with van der Waals surface area (Å²) >= 11 is 0. The zero-order valence-electron chi connectivity index (χ0n) is 16.2. The first-order valence-corrected chi connectivity index (χ1v) is 9.59. The number of carbonyl (C=O) groups is 1. The standard InChI is InChI=1S/C21H24N4O3/c1-3-28-19-9-8-18-22-21(16-6-4-15(2)5-7-16)17(25(18)23-19)14-20(26)24-10-12-27-13-11-24/h4-9H,3,10-14H2,1-2H3. The Morgan fingerprint density at radius 3 is 2.61 bits per heavy atom. The van der Waals surface area contributed by atoms with Crippen LogP contribution in [-0.2, 0) is 16.0 Å². The van der Waals surface area contributed by atoms with Crippen molar-refractivity contribution in [2.24, 2.45) is 0 Å². The average molecular weight is 380 g/mol. The Kier molecular flexibility index (Phi) is 5.25. The quantitative estimate of drug-likeness (QED) is 0.680. The first-order chi connectivity index (χ1) is 13.7. The van der Waals surface area contributed by atoms with E-state index in [0.29, 0.717) is 44.4 Å². The van der Waals surface area contributed by atoms with Crippen LogP contribution in [0.3, 0.4) is 0 Å². The lowest BCUT2D eigenvalue weighted by molar-refractivity contribution is -0.134. The summed E-state index contributed by atoms with van der Waals surface area (Å²) in [5.74, 6) is 0.574. The number of carbonyl (C=O) groups excluding carboxylic acids is 1. The maximum Gasteiger partial charge on any atom is 0.231 e. The zero-order chi connectivity index (χ0) is 19.5. The van der Waals surface area contributed by atoms with Gasteiger partial charge in [-0.15, -0.1) is 5.10 Å². The number of aromatic nitrogens is 3. The van der Waals surface area contributed by atoms with Crippen molar-refractivity contribution in [3.8, 4) is 17.1 Å². The van der Waals surface area contributed by atoms with Crippen LogP contribution in [0.1, 0.15) is 18.2 Å². The van der Waals surface area contributed by atoms with Gasteiger partial charge in [0.05, 0.1) is 37.6 Å². The van der Waals surface area contributed by atoms with Crippen molar-refractivity contribution in [1.82, 2.24) is 19.5 Å². The second-order valence-corrected chi connectivity index (χ2v) is 6.82. The summed E-state index contributed by atoms with van der Waals surface area (Å²) in [5, 5.41) is 4.56. The molecule has 2 aromatic heterocycles. The highest BCUT2D eigenvalue weighted by atomic mass is 16.5. The molecule has 1 aliphatic heterocycles. The van der Waals surface area contributed by atoms with E-state index in [1.54, 1.807) is 10.6 Å². The van der Waals surface area contributed by atoms with Gasteiger partial charge in [0, 0.05) is 24.7 Å². The Morgan fingerprint density at radius 1 is 1.14 bits per heavy atom. The van der Waals surface area contributed by atoms with Crippen LogP contribution in [0.4, 0.5) is 0 Å². The number of amides is 1. The fourth-order valence-electron chi connectivity index (χ4n) is 3.36. The molecule has 1 aliphatic rings. The Hall–Kier alpha value is -2.93. The third kappa shape index (κ3) is 3.71. The van der Waals surface area contributed by atoms with Gasteiger partial charge in [-0.3, -0.25) is 4.79 Å². The number of hydrogen-bond donors (Lipinski definition) is 0. The molecule has 146 valence electrons. The number of rotatable bonds is 5. The van der Waals surface area contributed by atoms with Crippen molar-refractivity contribution in [2.75, 3.05) is 32.9 Å². The van der Waals surface area contributed by atoms with Gasteiger partial charge in [0.2, 0.25) is 11.8 Å². The normalized spacial score (nSPS) is 14.4. The summed E-state index contributed by atoms with van der Waals surface area (Å²) in [6.45, 7) is 6.89. The summed E-state index contributed by atoms with van der Waals surface area (Å²) in [7, 11) is 0. The highest BCUT2D eigenvalue weighted by Crippen LogP contribution is 2.26. The number of imidazole rings is 1. The van der Waals surface area contributed by atoms with Gasteiger partial charge in [-0.1, -0.05) is 29.8 Å². The SMILES string of the molecule is CCOc1ccc2nc(-c3ccc(C)cc3)c(CC(=O)N3CCOCC3)n2n1. The van der Waals surface area contributed by atoms with Crippen LogP contribution in [0.2, 0.25) is 0 Å². The highest BCUT2D eigenvalue weighted by Gasteiger charge is 2.23. The molecule has 0 aliphatic carbocycles. The van der Waals surface area contributed by atoms with Crippen molar-refractivity contribution in [2.45, 2.75) is 20.3 Å². The number of benzene rings is 1. The Labute approximate surface area is 163 Å². The van der Waals surface area contributed by atoms with Gasteiger partial charge in [0.25, 0.3) is 0 Å². The number of hydrogen-bond acceptors (Lipinski definition) is 5. The summed E-state index contributed by atoms with van der Waals surface area (Å²) in [4.78, 5) is 19.5. The van der Waals surface area contributed by atoms with Gasteiger partial charge in [-0.25, -0.2) is 9.50 Å². The molecule has 0 bridgehead atoms. The molecule has 4 rings (SSSR count). The average Bonchev–Trinajstić information content (AvgIpc) is 3.07. The molecule has 1 amide bonds. The second-order valence-electron chi connectivity index (χ2n) is 6.82. The van der Waals surface area contributed by atoms with Crippen LogP contribution >= 0.6 is 0 Å². The molecule has 0 unspecified atom stereocenters. The minimum absolute atomic E-state index is 0.0575. The minimum Gasteiger partial charge on any atom is -0.477 e. The van der Waals surface area contributed by atoms with Gasteiger partial charge >= 0.3 is 0 Å². The number of nitrogens with zero attached hydrogens (tertiary/aromatic N) is 4. The molecule has 7 heteroatoms. The monoisotopic (exact) mass is 380 g/mol. The van der Waals surface area contributed by atoms with Crippen LogP contribution in [0.25, 0.3) is 16.9 Å². The smallest absolute Gasteiger partial charge is 0.231 e. The molecular formula is C21H24N4O3. The van der Waals surface area contributed by atoms with E-state index in [1.165, 1.54) is 5.56 Å². The van der Waals surface area contributed by atoms with E-state index in [4.69, 9.17) is 14.5 Å². The predicted octanol–water partition coefficient (Wildman–Crippen LogP) is 2.50. The van der Waals surface area contributed by atoms with Gasteiger partial charge in [-0.05, 0) is 19.9 Å². The molecule has 7 nitrogen and oxygen atoms in total. The van der Waals surface area contributed by atoms with Crippen molar-refractivity contribution in [3.05, 3.63) is 47.7 Å². The van der Waals surface area contributed by atoms with Gasteiger partial charge in [0.15, 0.2) is 5.65 Å². The van der Waals surface area contributed by atoms with Crippen molar-refractivity contribution in [3.63, 3.8) is 0 Å². The molecule has 0 N–H and O–H groups in total. The minimum atomic E-state index is 0.0575. The second kappa shape index (κ2) is 7.98. The largest absolute Gasteiger partial charge is 0.477 e. The van der Waals surface area contributed by atoms with E-state index in [9.17, 15) is 4.79 Å². The fourth-order valence-corrected chi connectivity index (χ4v) is 3.36. The summed E-state index contributed by atoms with van der Waals surface area (Å²) in [6.07, 6.45) is 0.229. The third-order valence-corrected chi connectivity index (χ3v) is 4.85. The molecular weight excluding hydrogens is 356 g/mol. The lowest BCUT2D eigenvalue weighted by Crippen LogP contribution is -2.41. The molecule has 0 atom stereocenters. The van der Waals surface area contributed by atoms with Gasteiger partial charge in [0.1, 0.15) is 0 Å². The van der Waals surface area contributed by atoms with Crippen molar-refractivity contribution in [1.29, 1.82) is 0 Å². The van der Waals surface area contributed by atoms with Gasteiger partial charge < -0.3 is 14.4 Å². The zero-order valence-corrected chi connectivity index (χ0v) is 16.2. The van der Waals surface area contributed by atoms with Crippen LogP contribution in [0.5, 0.6) is 5.88 Å². The molecule has 3 heterocycles. The van der Waals surface area contributed by atoms with E-state index in [-0.39, 0.29) is 12.3 Å². The number of morpholine rings is 1. The highest BCUT2D eigenvalue weighted by molar-refractivity contribution is 5.81. The van der Waals surface area contributed by atoms with E-state index < -0.39 is 0 Å². The predicted molar refractivity (Wildman–Crippen MR) is 105 cm³/mol. The van der Waals surface area contributed by atoms with E-state index in [0.717, 1.165) is 17.0 Å². The fraction of sp³-hybridized carbons (Fsp3) is 0.381. The number of aryl methyl sites for hydroxylation is 1. The first-order valence-electron chi connectivity index (χ1n) is 9.59. The van der Waals surface area contributed by atoms with Crippen molar-refractivity contribution >= 4 is 11.6 Å². The Balaban J connectivity index is 1.77. The van der Waals surface area contributed by atoms with E-state index in [1.807, 2.05) is 49.1 Å². The molecule has 1 fully saturated rings. The maximum atomic E-state index is 12.9. The molecule has 0 radical (unpaired) electrons. The van der Waals surface area contributed by atoms with Gasteiger partial charge in [-0.2, -0.15) is 0 Å². The Morgan fingerprint density at radius 2 is 1.89 bits per heavy atom. The van der Waals surface area contributed by atoms with Crippen LogP contribution in [0.15, 0.2) is 36.4 Å². The van der Waals surface area contributed by atoms with Crippen LogP contribution in [-0.4, -0.2) is 58.3 Å². The van der Waals surface area contributed by atoms with E-state index >= 15 is 0 Å². The first kappa shape index (κ1) is 18.4. The van der Waals surface area contributed by atoms with Crippen LogP contribution in [0, 0.1) is 6.92 Å². The molecule has 1 saturated heterocycles. The van der Waals surface area contributed by atoms with Crippen LogP contribution < -0.4 is 4.74 Å². The summed E-state index contributed by atoms with van der Waals surface area (Å²) in [6, 6.07) is 11.8. The third-order valence-electron chi connectivity index (χ3n) is 4.85. The molecule has 28 heavy (non-hydrogen) atoms. The molecule has 3 aromatic rings. The lowest BCUT2D eigenvalue weighted by atomic mass is 10.1. The lowest BCUT2D eigenvalue weighted by Gasteiger charge is -2.26. The number of fused-ring (bicyclic) bond motifs is 1. The van der Waals surface area contributed by atoms with Crippen molar-refractivity contribution < 1.29 is 14.3 Å². The maximum absolute atomic E-state index is 12.9. The molecule has 1 aromatic carbocycles. The molecule has 0 spiro atoms. The Bertz CT molecular complexity index is 975. The summed E-state index contributed by atoms with van der Waals surface area (Å²) in [5.41, 5.74) is 4.40. The summed E-state index contributed by atoms with van der Waals surface area (Å²) < 4.78 is 12.6. The number of ether oxygens (including phenoxy) is 2. The topological polar surface area (TPSA) is 69.0 Å². The van der Waals surface area contributed by atoms with E-state index in [2.05, 4.69) is 5.10 Å². The molecule has 0 saturated carbocycles.